The Morgan fingerprint density at radius 3 is 2.91 bits per heavy atom. The second-order valence-corrected chi connectivity index (χ2v) is 6.33. The quantitative estimate of drug-likeness (QED) is 0.783. The molecule has 1 aromatic rings. The van der Waals surface area contributed by atoms with Crippen LogP contribution < -0.4 is 4.90 Å². The van der Waals surface area contributed by atoms with Crippen LogP contribution in [0.25, 0.3) is 0 Å². The Hall–Kier alpha value is -1.83. The highest BCUT2D eigenvalue weighted by atomic mass is 32.2. The van der Waals surface area contributed by atoms with Gasteiger partial charge in [-0.1, -0.05) is 0 Å². The van der Waals surface area contributed by atoms with E-state index in [1.807, 2.05) is 17.0 Å². The van der Waals surface area contributed by atoms with E-state index in [1.54, 1.807) is 22.9 Å². The number of hydrogen-bond acceptors (Lipinski definition) is 6. The van der Waals surface area contributed by atoms with Gasteiger partial charge in [0.25, 0.3) is 0 Å². The summed E-state index contributed by atoms with van der Waals surface area (Å²) in [6, 6.07) is 3.80. The molecule has 7 nitrogen and oxygen atoms in total. The number of amides is 2. The number of thioether (sulfide) groups is 1. The van der Waals surface area contributed by atoms with Crippen molar-refractivity contribution < 1.29 is 9.59 Å². The van der Waals surface area contributed by atoms with Crippen LogP contribution in [0, 0.1) is 0 Å². The van der Waals surface area contributed by atoms with Crippen LogP contribution in [0.2, 0.25) is 0 Å². The zero-order valence-electron chi connectivity index (χ0n) is 12.3. The first-order valence-electron chi connectivity index (χ1n) is 7.40. The zero-order chi connectivity index (χ0) is 15.4. The predicted octanol–water partition coefficient (Wildman–Crippen LogP) is 0.0482. The fourth-order valence-electron chi connectivity index (χ4n) is 2.66. The number of hydrogen-bond donors (Lipinski definition) is 0. The number of rotatable bonds is 3. The summed E-state index contributed by atoms with van der Waals surface area (Å²) < 4.78 is 0. The minimum absolute atomic E-state index is 0.0387. The van der Waals surface area contributed by atoms with E-state index in [-0.39, 0.29) is 18.4 Å². The van der Waals surface area contributed by atoms with Crippen LogP contribution in [0.3, 0.4) is 0 Å². The van der Waals surface area contributed by atoms with Crippen molar-refractivity contribution >= 4 is 29.4 Å². The molecule has 3 heterocycles. The van der Waals surface area contributed by atoms with Crippen molar-refractivity contribution in [3.63, 3.8) is 0 Å². The molecule has 2 aliphatic heterocycles. The van der Waals surface area contributed by atoms with Crippen LogP contribution in [0.15, 0.2) is 18.3 Å². The fourth-order valence-corrected chi connectivity index (χ4v) is 3.57. The summed E-state index contributed by atoms with van der Waals surface area (Å²) in [5, 5.41) is 8.03. The molecule has 0 aliphatic carbocycles. The molecular formula is C14H19N5O2S. The second kappa shape index (κ2) is 6.95. The van der Waals surface area contributed by atoms with E-state index in [2.05, 4.69) is 15.1 Å². The van der Waals surface area contributed by atoms with E-state index in [9.17, 15) is 9.59 Å². The van der Waals surface area contributed by atoms with Crippen molar-refractivity contribution in [2.24, 2.45) is 0 Å². The molecule has 0 unspecified atom stereocenters. The second-order valence-electron chi connectivity index (χ2n) is 5.37. The van der Waals surface area contributed by atoms with Gasteiger partial charge < -0.3 is 14.7 Å². The third kappa shape index (κ3) is 3.49. The Morgan fingerprint density at radius 2 is 2.18 bits per heavy atom. The number of nitrogens with zero attached hydrogens (tertiary/aromatic N) is 5. The van der Waals surface area contributed by atoms with Gasteiger partial charge in [-0.25, -0.2) is 0 Å². The number of anilines is 1. The predicted molar refractivity (Wildman–Crippen MR) is 84.5 cm³/mol. The minimum atomic E-state index is 0.0387. The van der Waals surface area contributed by atoms with Gasteiger partial charge in [0.15, 0.2) is 5.82 Å². The Morgan fingerprint density at radius 1 is 1.27 bits per heavy atom. The lowest BCUT2D eigenvalue weighted by Gasteiger charge is -2.24. The Kier molecular flexibility index (Phi) is 4.77. The van der Waals surface area contributed by atoms with E-state index in [0.29, 0.717) is 18.2 Å². The van der Waals surface area contributed by atoms with E-state index in [4.69, 9.17) is 0 Å². The summed E-state index contributed by atoms with van der Waals surface area (Å²) in [5.41, 5.74) is 0. The molecule has 0 aromatic carbocycles. The Labute approximate surface area is 133 Å². The van der Waals surface area contributed by atoms with E-state index in [0.717, 1.165) is 31.9 Å². The van der Waals surface area contributed by atoms with Crippen LogP contribution in [0.1, 0.15) is 6.42 Å². The highest BCUT2D eigenvalue weighted by Crippen LogP contribution is 2.16. The van der Waals surface area contributed by atoms with E-state index >= 15 is 0 Å². The van der Waals surface area contributed by atoms with Gasteiger partial charge in [0.05, 0.1) is 11.6 Å². The third-order valence-corrected chi connectivity index (χ3v) is 4.83. The maximum Gasteiger partial charge on any atom is 0.242 e. The monoisotopic (exact) mass is 321 g/mol. The molecule has 0 bridgehead atoms. The molecule has 0 radical (unpaired) electrons. The summed E-state index contributed by atoms with van der Waals surface area (Å²) in [7, 11) is 0. The molecule has 2 fully saturated rings. The maximum absolute atomic E-state index is 12.4. The first-order valence-corrected chi connectivity index (χ1v) is 8.55. The number of aromatic nitrogens is 2. The minimum Gasteiger partial charge on any atom is -0.353 e. The average Bonchev–Trinajstić information content (AvgIpc) is 2.80. The van der Waals surface area contributed by atoms with Crippen molar-refractivity contribution in [2.75, 3.05) is 49.3 Å². The Balaban J connectivity index is 1.56. The smallest absolute Gasteiger partial charge is 0.242 e. The largest absolute Gasteiger partial charge is 0.353 e. The van der Waals surface area contributed by atoms with E-state index < -0.39 is 0 Å². The molecule has 118 valence electrons. The fraction of sp³-hybridized carbons (Fsp3) is 0.571. The van der Waals surface area contributed by atoms with Gasteiger partial charge in [0.2, 0.25) is 11.8 Å². The van der Waals surface area contributed by atoms with Crippen molar-refractivity contribution in [1.82, 2.24) is 20.0 Å². The van der Waals surface area contributed by atoms with Gasteiger partial charge in [-0.05, 0) is 18.6 Å². The van der Waals surface area contributed by atoms with Gasteiger partial charge in [-0.2, -0.15) is 5.10 Å². The molecule has 0 spiro atoms. The van der Waals surface area contributed by atoms with Crippen molar-refractivity contribution in [1.29, 1.82) is 0 Å². The molecule has 22 heavy (non-hydrogen) atoms. The first kappa shape index (κ1) is 15.1. The standard InChI is InChI=1S/C14H19N5O2S/c20-13(9-19-11-22-10-14(19)21)18-6-2-5-17(7-8-18)12-3-1-4-15-16-12/h1,3-4H,2,5-11H2. The van der Waals surface area contributed by atoms with Gasteiger partial charge in [-0.3, -0.25) is 9.59 Å². The van der Waals surface area contributed by atoms with Crippen molar-refractivity contribution in [2.45, 2.75) is 6.42 Å². The van der Waals surface area contributed by atoms with Crippen LogP contribution in [-0.4, -0.2) is 76.2 Å². The summed E-state index contributed by atoms with van der Waals surface area (Å²) >= 11 is 1.56. The number of carbonyl (C=O) groups excluding carboxylic acids is 2. The lowest BCUT2D eigenvalue weighted by atomic mass is 10.3. The van der Waals surface area contributed by atoms with Gasteiger partial charge in [-0.15, -0.1) is 16.9 Å². The van der Waals surface area contributed by atoms with Gasteiger partial charge >= 0.3 is 0 Å². The van der Waals surface area contributed by atoms with Crippen molar-refractivity contribution in [3.05, 3.63) is 18.3 Å². The molecule has 0 N–H and O–H groups in total. The molecule has 3 rings (SSSR count). The average molecular weight is 321 g/mol. The lowest BCUT2D eigenvalue weighted by molar-refractivity contribution is -0.137. The highest BCUT2D eigenvalue weighted by Gasteiger charge is 2.26. The number of carbonyl (C=O) groups is 2. The van der Waals surface area contributed by atoms with Crippen molar-refractivity contribution in [3.8, 4) is 0 Å². The molecule has 0 saturated carbocycles. The Bertz CT molecular complexity index is 541. The molecule has 2 aliphatic rings. The van der Waals surface area contributed by atoms with Crippen LogP contribution >= 0.6 is 11.8 Å². The topological polar surface area (TPSA) is 69.6 Å². The maximum atomic E-state index is 12.4. The molecular weight excluding hydrogens is 302 g/mol. The van der Waals surface area contributed by atoms with Crippen LogP contribution in [-0.2, 0) is 9.59 Å². The van der Waals surface area contributed by atoms with E-state index in [1.165, 1.54) is 0 Å². The first-order chi connectivity index (χ1) is 10.7. The molecule has 0 atom stereocenters. The summed E-state index contributed by atoms with van der Waals surface area (Å²) in [6.45, 7) is 3.19. The normalized spacial score (nSPS) is 19.5. The van der Waals surface area contributed by atoms with Crippen LogP contribution in [0.4, 0.5) is 5.82 Å². The summed E-state index contributed by atoms with van der Waals surface area (Å²) in [4.78, 5) is 29.6. The van der Waals surface area contributed by atoms with Gasteiger partial charge in [0, 0.05) is 32.4 Å². The SMILES string of the molecule is O=C(CN1CSCC1=O)N1CCCN(c2cccnn2)CC1. The summed E-state index contributed by atoms with van der Waals surface area (Å²) in [5.74, 6) is 2.08. The molecule has 2 saturated heterocycles. The third-order valence-electron chi connectivity index (χ3n) is 3.88. The molecule has 2 amide bonds. The summed E-state index contributed by atoms with van der Waals surface area (Å²) in [6.07, 6.45) is 2.55. The molecule has 1 aromatic heterocycles. The van der Waals surface area contributed by atoms with Crippen LogP contribution in [0.5, 0.6) is 0 Å². The zero-order valence-corrected chi connectivity index (χ0v) is 13.2. The van der Waals surface area contributed by atoms with Gasteiger partial charge in [0.1, 0.15) is 6.54 Å². The molecule has 8 heteroatoms. The lowest BCUT2D eigenvalue weighted by Crippen LogP contribution is -2.42. The highest BCUT2D eigenvalue weighted by molar-refractivity contribution is 8.00.